The molecule has 0 aliphatic rings. The number of aliphatic hydroxyl groups excluding tert-OH is 1. The van der Waals surface area contributed by atoms with Crippen LogP contribution in [0.3, 0.4) is 0 Å². The molecule has 1 aromatic rings. The van der Waals surface area contributed by atoms with E-state index in [2.05, 4.69) is 6.58 Å². The SMILES string of the molecule is C=Cc1ccccc1.CCOCC.CO. The lowest BCUT2D eigenvalue weighted by Crippen LogP contribution is -1.84. The van der Waals surface area contributed by atoms with Crippen LogP contribution in [0.15, 0.2) is 36.9 Å². The highest BCUT2D eigenvalue weighted by atomic mass is 16.5. The van der Waals surface area contributed by atoms with Crippen LogP contribution in [-0.2, 0) is 4.74 Å². The van der Waals surface area contributed by atoms with Gasteiger partial charge in [0.25, 0.3) is 0 Å². The molecule has 0 unspecified atom stereocenters. The highest BCUT2D eigenvalue weighted by molar-refractivity contribution is 5.45. The van der Waals surface area contributed by atoms with E-state index in [-0.39, 0.29) is 0 Å². The zero-order chi connectivity index (χ0) is 11.9. The van der Waals surface area contributed by atoms with Crippen molar-refractivity contribution in [3.8, 4) is 0 Å². The minimum absolute atomic E-state index is 0.844. The van der Waals surface area contributed by atoms with Crippen LogP contribution in [0.5, 0.6) is 0 Å². The van der Waals surface area contributed by atoms with Crippen molar-refractivity contribution in [1.82, 2.24) is 0 Å². The summed E-state index contributed by atoms with van der Waals surface area (Å²) in [4.78, 5) is 0. The van der Waals surface area contributed by atoms with Crippen LogP contribution < -0.4 is 0 Å². The molecule has 0 spiro atoms. The van der Waals surface area contributed by atoms with E-state index in [1.54, 1.807) is 0 Å². The maximum Gasteiger partial charge on any atom is 0.0437 e. The molecule has 0 radical (unpaired) electrons. The number of hydrogen-bond acceptors (Lipinski definition) is 2. The molecule has 0 aliphatic carbocycles. The average Bonchev–Trinajstić information content (AvgIpc) is 2.34. The van der Waals surface area contributed by atoms with Crippen LogP contribution in [0, 0.1) is 0 Å². The van der Waals surface area contributed by atoms with E-state index in [1.165, 1.54) is 5.56 Å². The lowest BCUT2D eigenvalue weighted by molar-refractivity contribution is 0.162. The first kappa shape index (κ1) is 16.3. The van der Waals surface area contributed by atoms with Crippen molar-refractivity contribution in [2.75, 3.05) is 20.3 Å². The van der Waals surface area contributed by atoms with Crippen molar-refractivity contribution >= 4 is 6.08 Å². The summed E-state index contributed by atoms with van der Waals surface area (Å²) in [7, 11) is 1.00. The van der Waals surface area contributed by atoms with Crippen LogP contribution >= 0.6 is 0 Å². The van der Waals surface area contributed by atoms with Crippen molar-refractivity contribution in [2.45, 2.75) is 13.8 Å². The minimum Gasteiger partial charge on any atom is -0.400 e. The fraction of sp³-hybridized carbons (Fsp3) is 0.385. The molecule has 1 N–H and O–H groups in total. The summed E-state index contributed by atoms with van der Waals surface area (Å²) in [5, 5.41) is 7.00. The fourth-order valence-corrected chi connectivity index (χ4v) is 0.793. The molecule has 0 aliphatic heterocycles. The lowest BCUT2D eigenvalue weighted by atomic mass is 10.2. The van der Waals surface area contributed by atoms with E-state index in [4.69, 9.17) is 9.84 Å². The van der Waals surface area contributed by atoms with Gasteiger partial charge in [-0.25, -0.2) is 0 Å². The molecule has 0 atom stereocenters. The second kappa shape index (κ2) is 15.4. The molecule has 0 amide bonds. The Morgan fingerprint density at radius 2 is 1.60 bits per heavy atom. The van der Waals surface area contributed by atoms with Gasteiger partial charge < -0.3 is 9.84 Å². The molecule has 0 saturated heterocycles. The Morgan fingerprint density at radius 3 is 1.80 bits per heavy atom. The Kier molecular flexibility index (Phi) is 16.7. The van der Waals surface area contributed by atoms with E-state index in [9.17, 15) is 0 Å². The first-order chi connectivity index (χ1) is 7.35. The van der Waals surface area contributed by atoms with Crippen LogP contribution in [0.1, 0.15) is 19.4 Å². The summed E-state index contributed by atoms with van der Waals surface area (Å²) in [6.07, 6.45) is 1.83. The van der Waals surface area contributed by atoms with Gasteiger partial charge in [-0.15, -0.1) is 0 Å². The molecule has 86 valence electrons. The smallest absolute Gasteiger partial charge is 0.0437 e. The summed E-state index contributed by atoms with van der Waals surface area (Å²) in [5.74, 6) is 0. The summed E-state index contributed by atoms with van der Waals surface area (Å²) in [6.45, 7) is 9.30. The van der Waals surface area contributed by atoms with Crippen molar-refractivity contribution < 1.29 is 9.84 Å². The van der Waals surface area contributed by atoms with Gasteiger partial charge in [0.1, 0.15) is 0 Å². The molecule has 0 aromatic heterocycles. The number of hydrogen-bond donors (Lipinski definition) is 1. The van der Waals surface area contributed by atoms with Crippen LogP contribution in [0.2, 0.25) is 0 Å². The van der Waals surface area contributed by atoms with Gasteiger partial charge >= 0.3 is 0 Å². The van der Waals surface area contributed by atoms with E-state index in [0.29, 0.717) is 0 Å². The molecule has 0 saturated carbocycles. The topological polar surface area (TPSA) is 29.5 Å². The molecule has 0 fully saturated rings. The quantitative estimate of drug-likeness (QED) is 0.831. The Morgan fingerprint density at radius 1 is 1.13 bits per heavy atom. The van der Waals surface area contributed by atoms with Gasteiger partial charge in [0.05, 0.1) is 0 Å². The second-order valence-electron chi connectivity index (χ2n) is 2.40. The van der Waals surface area contributed by atoms with Crippen molar-refractivity contribution in [2.24, 2.45) is 0 Å². The second-order valence-corrected chi connectivity index (χ2v) is 2.40. The molecule has 1 rings (SSSR count). The molecule has 15 heavy (non-hydrogen) atoms. The highest BCUT2D eigenvalue weighted by Crippen LogP contribution is 1.97. The molecule has 2 heteroatoms. The van der Waals surface area contributed by atoms with Crippen molar-refractivity contribution in [3.63, 3.8) is 0 Å². The highest BCUT2D eigenvalue weighted by Gasteiger charge is 1.75. The molecule has 0 heterocycles. The Bertz CT molecular complexity index is 205. The van der Waals surface area contributed by atoms with Crippen LogP contribution in [-0.4, -0.2) is 25.4 Å². The summed E-state index contributed by atoms with van der Waals surface area (Å²) in [6, 6.07) is 10.0. The van der Waals surface area contributed by atoms with Gasteiger partial charge in [0.2, 0.25) is 0 Å². The minimum atomic E-state index is 0.844. The van der Waals surface area contributed by atoms with E-state index >= 15 is 0 Å². The van der Waals surface area contributed by atoms with Crippen LogP contribution in [0.4, 0.5) is 0 Å². The maximum atomic E-state index is 7.00. The molecular formula is C13H22O2. The Labute approximate surface area is 93.2 Å². The fourth-order valence-electron chi connectivity index (χ4n) is 0.793. The van der Waals surface area contributed by atoms with E-state index < -0.39 is 0 Å². The zero-order valence-corrected chi connectivity index (χ0v) is 9.94. The van der Waals surface area contributed by atoms with Gasteiger partial charge in [-0.3, -0.25) is 0 Å². The lowest BCUT2D eigenvalue weighted by Gasteiger charge is -1.86. The third kappa shape index (κ3) is 12.9. The summed E-state index contributed by atoms with van der Waals surface area (Å²) < 4.78 is 4.83. The largest absolute Gasteiger partial charge is 0.400 e. The van der Waals surface area contributed by atoms with E-state index in [1.807, 2.05) is 50.3 Å². The van der Waals surface area contributed by atoms with Crippen molar-refractivity contribution in [1.29, 1.82) is 0 Å². The summed E-state index contributed by atoms with van der Waals surface area (Å²) in [5.41, 5.74) is 1.17. The zero-order valence-electron chi connectivity index (χ0n) is 9.94. The normalized spacial score (nSPS) is 7.73. The standard InChI is InChI=1S/C8H8.C4H10O.CH4O/c1-2-8-6-4-3-5-7-8;1-3-5-4-2;1-2/h2-7H,1H2;3-4H2,1-2H3;2H,1H3. The first-order valence-electron chi connectivity index (χ1n) is 5.05. The van der Waals surface area contributed by atoms with Gasteiger partial charge in [-0.2, -0.15) is 0 Å². The Hall–Kier alpha value is -1.12. The van der Waals surface area contributed by atoms with Gasteiger partial charge in [-0.05, 0) is 19.4 Å². The van der Waals surface area contributed by atoms with Gasteiger partial charge in [0, 0.05) is 20.3 Å². The molecular weight excluding hydrogens is 188 g/mol. The number of benzene rings is 1. The summed E-state index contributed by atoms with van der Waals surface area (Å²) >= 11 is 0. The monoisotopic (exact) mass is 210 g/mol. The van der Waals surface area contributed by atoms with Crippen molar-refractivity contribution in [3.05, 3.63) is 42.5 Å². The first-order valence-corrected chi connectivity index (χ1v) is 5.05. The van der Waals surface area contributed by atoms with E-state index in [0.717, 1.165) is 20.3 Å². The maximum absolute atomic E-state index is 7.00. The molecule has 2 nitrogen and oxygen atoms in total. The van der Waals surface area contributed by atoms with Gasteiger partial charge in [0.15, 0.2) is 0 Å². The number of rotatable bonds is 3. The predicted octanol–water partition coefficient (Wildman–Crippen LogP) is 2.98. The van der Waals surface area contributed by atoms with Crippen LogP contribution in [0.25, 0.3) is 6.08 Å². The molecule has 0 bridgehead atoms. The van der Waals surface area contributed by atoms with Gasteiger partial charge in [-0.1, -0.05) is 43.0 Å². The average molecular weight is 210 g/mol. The third-order valence-corrected chi connectivity index (χ3v) is 1.44. The number of ether oxygens (including phenoxy) is 1. The Balaban J connectivity index is 0. The molecule has 1 aromatic carbocycles. The third-order valence-electron chi connectivity index (χ3n) is 1.44. The predicted molar refractivity (Wildman–Crippen MR) is 66.8 cm³/mol. The number of aliphatic hydroxyl groups is 1.